The van der Waals surface area contributed by atoms with Crippen molar-refractivity contribution in [2.75, 3.05) is 33.7 Å². The monoisotopic (exact) mass is 303 g/mol. The molecule has 0 radical (unpaired) electrons. The van der Waals surface area contributed by atoms with Crippen molar-refractivity contribution >= 4 is 11.3 Å². The second-order valence-electron chi connectivity index (χ2n) is 5.75. The van der Waals surface area contributed by atoms with Gasteiger partial charge in [0.2, 0.25) is 0 Å². The van der Waals surface area contributed by atoms with E-state index in [-0.39, 0.29) is 0 Å². The van der Waals surface area contributed by atoms with Crippen LogP contribution in [-0.2, 0) is 6.42 Å². The van der Waals surface area contributed by atoms with Crippen LogP contribution < -0.4 is 5.32 Å². The molecule has 0 aliphatic heterocycles. The summed E-state index contributed by atoms with van der Waals surface area (Å²) in [6.45, 7) is 7.38. The van der Waals surface area contributed by atoms with E-state index >= 15 is 0 Å². The van der Waals surface area contributed by atoms with Crippen LogP contribution in [0.5, 0.6) is 0 Å². The summed E-state index contributed by atoms with van der Waals surface area (Å²) >= 11 is 1.76. The largest absolute Gasteiger partial charge is 0.315 e. The maximum atomic E-state index is 4.77. The van der Waals surface area contributed by atoms with Crippen LogP contribution >= 0.6 is 11.3 Å². The molecule has 1 aromatic heterocycles. The normalized spacial score (nSPS) is 11.3. The van der Waals surface area contributed by atoms with Crippen molar-refractivity contribution in [3.05, 3.63) is 39.7 Å². The lowest BCUT2D eigenvalue weighted by molar-refractivity contribution is 0.401. The van der Waals surface area contributed by atoms with Gasteiger partial charge < -0.3 is 10.2 Å². The molecule has 21 heavy (non-hydrogen) atoms. The second kappa shape index (κ2) is 7.69. The highest BCUT2D eigenvalue weighted by molar-refractivity contribution is 7.09. The molecule has 0 saturated heterocycles. The first kappa shape index (κ1) is 16.1. The Bertz CT molecular complexity index is 575. The Morgan fingerprint density at radius 3 is 2.71 bits per heavy atom. The van der Waals surface area contributed by atoms with Gasteiger partial charge in [0.05, 0.1) is 10.7 Å². The van der Waals surface area contributed by atoms with E-state index in [0.29, 0.717) is 0 Å². The fourth-order valence-corrected chi connectivity index (χ4v) is 3.07. The molecule has 0 unspecified atom stereocenters. The highest BCUT2D eigenvalue weighted by atomic mass is 32.1. The summed E-state index contributed by atoms with van der Waals surface area (Å²) in [5.41, 5.74) is 4.97. The summed E-state index contributed by atoms with van der Waals surface area (Å²) in [7, 11) is 4.19. The lowest BCUT2D eigenvalue weighted by atomic mass is 10.0. The highest BCUT2D eigenvalue weighted by Gasteiger charge is 2.07. The lowest BCUT2D eigenvalue weighted by Crippen LogP contribution is -2.27. The van der Waals surface area contributed by atoms with Crippen LogP contribution in [0.15, 0.2) is 23.6 Å². The standard InChI is InChI=1S/C17H25N3S/c1-13-5-6-15(14(2)11-13)16-12-21-17(19-16)7-8-18-9-10-20(3)4/h5-6,11-12,18H,7-10H2,1-4H3. The third-order valence-electron chi connectivity index (χ3n) is 3.46. The van der Waals surface area contributed by atoms with Crippen LogP contribution in [-0.4, -0.2) is 43.6 Å². The minimum absolute atomic E-state index is 0.994. The van der Waals surface area contributed by atoms with Crippen molar-refractivity contribution in [1.82, 2.24) is 15.2 Å². The fraction of sp³-hybridized carbons (Fsp3) is 0.471. The SMILES string of the molecule is Cc1ccc(-c2csc(CCNCCN(C)C)n2)c(C)c1. The van der Waals surface area contributed by atoms with E-state index in [9.17, 15) is 0 Å². The molecule has 3 nitrogen and oxygen atoms in total. The number of nitrogens with one attached hydrogen (secondary N) is 1. The molecule has 0 saturated carbocycles. The Balaban J connectivity index is 1.89. The number of benzene rings is 1. The van der Waals surface area contributed by atoms with Gasteiger partial charge in [-0.3, -0.25) is 0 Å². The number of hydrogen-bond acceptors (Lipinski definition) is 4. The van der Waals surface area contributed by atoms with E-state index in [4.69, 9.17) is 4.98 Å². The van der Waals surface area contributed by atoms with Gasteiger partial charge in [-0.15, -0.1) is 11.3 Å². The number of rotatable bonds is 7. The number of hydrogen-bond donors (Lipinski definition) is 1. The van der Waals surface area contributed by atoms with Gasteiger partial charge in [0.15, 0.2) is 0 Å². The van der Waals surface area contributed by atoms with Gasteiger partial charge in [0.1, 0.15) is 0 Å². The van der Waals surface area contributed by atoms with E-state index in [0.717, 1.165) is 31.7 Å². The first-order valence-corrected chi connectivity index (χ1v) is 8.31. The van der Waals surface area contributed by atoms with Crippen LogP contribution in [0.1, 0.15) is 16.1 Å². The highest BCUT2D eigenvalue weighted by Crippen LogP contribution is 2.25. The first-order valence-electron chi connectivity index (χ1n) is 7.44. The van der Waals surface area contributed by atoms with E-state index in [1.165, 1.54) is 21.7 Å². The van der Waals surface area contributed by atoms with Crippen LogP contribution in [0, 0.1) is 13.8 Å². The Morgan fingerprint density at radius 1 is 1.19 bits per heavy atom. The van der Waals surface area contributed by atoms with Gasteiger partial charge >= 0.3 is 0 Å². The lowest BCUT2D eigenvalue weighted by Gasteiger charge is -2.09. The summed E-state index contributed by atoms with van der Waals surface area (Å²) in [4.78, 5) is 6.96. The van der Waals surface area contributed by atoms with Gasteiger partial charge in [-0.2, -0.15) is 0 Å². The molecule has 114 valence electrons. The molecule has 1 N–H and O–H groups in total. The van der Waals surface area contributed by atoms with Crippen LogP contribution in [0.4, 0.5) is 0 Å². The molecule has 0 amide bonds. The molecular formula is C17H25N3S. The third-order valence-corrected chi connectivity index (χ3v) is 4.37. The van der Waals surface area contributed by atoms with Gasteiger partial charge in [0.25, 0.3) is 0 Å². The second-order valence-corrected chi connectivity index (χ2v) is 6.69. The average molecular weight is 303 g/mol. The zero-order chi connectivity index (χ0) is 15.2. The Hall–Kier alpha value is -1.23. The van der Waals surface area contributed by atoms with E-state index in [2.05, 4.69) is 61.7 Å². The smallest absolute Gasteiger partial charge is 0.0945 e. The molecule has 1 aromatic carbocycles. The van der Waals surface area contributed by atoms with Gasteiger partial charge in [0, 0.05) is 37.0 Å². The van der Waals surface area contributed by atoms with Crippen molar-refractivity contribution in [3.63, 3.8) is 0 Å². The Morgan fingerprint density at radius 2 is 2.00 bits per heavy atom. The van der Waals surface area contributed by atoms with Gasteiger partial charge in [-0.05, 0) is 33.5 Å². The van der Waals surface area contributed by atoms with Crippen LogP contribution in [0.3, 0.4) is 0 Å². The molecule has 0 aliphatic rings. The predicted octanol–water partition coefficient (Wildman–Crippen LogP) is 3.12. The number of nitrogens with zero attached hydrogens (tertiary/aromatic N) is 2. The summed E-state index contributed by atoms with van der Waals surface area (Å²) in [5, 5.41) is 6.84. The number of likely N-dealkylation sites (N-methyl/N-ethyl adjacent to an activating group) is 1. The van der Waals surface area contributed by atoms with E-state index in [1.54, 1.807) is 11.3 Å². The molecular weight excluding hydrogens is 278 g/mol. The molecule has 1 heterocycles. The van der Waals surface area contributed by atoms with Crippen molar-refractivity contribution in [3.8, 4) is 11.3 Å². The third kappa shape index (κ3) is 4.92. The molecule has 0 spiro atoms. The predicted molar refractivity (Wildman–Crippen MR) is 92.2 cm³/mol. The summed E-state index contributed by atoms with van der Waals surface area (Å²) in [6, 6.07) is 6.56. The molecule has 0 atom stereocenters. The zero-order valence-corrected chi connectivity index (χ0v) is 14.3. The van der Waals surface area contributed by atoms with Crippen molar-refractivity contribution < 1.29 is 0 Å². The maximum absolute atomic E-state index is 4.77. The fourth-order valence-electron chi connectivity index (χ4n) is 2.27. The number of aromatic nitrogens is 1. The quantitative estimate of drug-likeness (QED) is 0.797. The number of thiazole rings is 1. The van der Waals surface area contributed by atoms with Gasteiger partial charge in [-0.1, -0.05) is 23.8 Å². The molecule has 0 bridgehead atoms. The first-order chi connectivity index (χ1) is 10.1. The summed E-state index contributed by atoms with van der Waals surface area (Å²) < 4.78 is 0. The van der Waals surface area contributed by atoms with Crippen LogP contribution in [0.2, 0.25) is 0 Å². The topological polar surface area (TPSA) is 28.2 Å². The summed E-state index contributed by atoms with van der Waals surface area (Å²) in [6.07, 6.45) is 1.00. The Kier molecular flexibility index (Phi) is 5.91. The minimum atomic E-state index is 0.994. The van der Waals surface area contributed by atoms with Crippen molar-refractivity contribution in [2.45, 2.75) is 20.3 Å². The van der Waals surface area contributed by atoms with Crippen molar-refractivity contribution in [1.29, 1.82) is 0 Å². The average Bonchev–Trinajstić information content (AvgIpc) is 2.86. The molecule has 0 fully saturated rings. The Labute approximate surface area is 132 Å². The zero-order valence-electron chi connectivity index (χ0n) is 13.4. The van der Waals surface area contributed by atoms with E-state index < -0.39 is 0 Å². The van der Waals surface area contributed by atoms with Crippen molar-refractivity contribution in [2.24, 2.45) is 0 Å². The molecule has 2 rings (SSSR count). The van der Waals surface area contributed by atoms with E-state index in [1.807, 2.05) is 0 Å². The number of aryl methyl sites for hydroxylation is 2. The van der Waals surface area contributed by atoms with Crippen LogP contribution in [0.25, 0.3) is 11.3 Å². The van der Waals surface area contributed by atoms with Gasteiger partial charge in [-0.25, -0.2) is 4.98 Å². The summed E-state index contributed by atoms with van der Waals surface area (Å²) in [5.74, 6) is 0. The maximum Gasteiger partial charge on any atom is 0.0945 e. The molecule has 2 aromatic rings. The minimum Gasteiger partial charge on any atom is -0.315 e. The molecule has 0 aliphatic carbocycles. The molecule has 4 heteroatoms.